The van der Waals surface area contributed by atoms with Crippen molar-refractivity contribution in [2.45, 2.75) is 63.8 Å². The molecule has 2 nitrogen and oxygen atoms in total. The third kappa shape index (κ3) is 3.32. The Bertz CT molecular complexity index is 358. The van der Waals surface area contributed by atoms with Crippen LogP contribution in [-0.2, 0) is 5.41 Å². The molecule has 0 bridgehead atoms. The molecule has 0 atom stereocenters. The Morgan fingerprint density at radius 3 is 2.28 bits per heavy atom. The summed E-state index contributed by atoms with van der Waals surface area (Å²) in [6.07, 6.45) is 10.6. The van der Waals surface area contributed by atoms with Crippen molar-refractivity contribution in [2.24, 2.45) is 0 Å². The Morgan fingerprint density at radius 1 is 1.11 bits per heavy atom. The lowest BCUT2D eigenvalue weighted by Gasteiger charge is -2.40. The summed E-state index contributed by atoms with van der Waals surface area (Å²) in [7, 11) is 0. The number of hydrogen-bond acceptors (Lipinski definition) is 2. The van der Waals surface area contributed by atoms with Crippen LogP contribution in [0.1, 0.15) is 58.4 Å². The van der Waals surface area contributed by atoms with Crippen LogP contribution in [0.3, 0.4) is 0 Å². The van der Waals surface area contributed by atoms with Crippen LogP contribution in [-0.4, -0.2) is 17.1 Å². The Hall–Kier alpha value is -0.890. The number of hydrogen-bond donors (Lipinski definition) is 1. The summed E-state index contributed by atoms with van der Waals surface area (Å²) in [5.74, 6) is 0. The SMILES string of the molecule is CC(C)(C)NCC1(c2ccncc2)CCCCC1. The van der Waals surface area contributed by atoms with E-state index in [-0.39, 0.29) is 5.54 Å². The smallest absolute Gasteiger partial charge is 0.0270 e. The van der Waals surface area contributed by atoms with E-state index in [1.54, 1.807) is 0 Å². The number of rotatable bonds is 3. The van der Waals surface area contributed by atoms with E-state index in [1.165, 1.54) is 37.7 Å². The Morgan fingerprint density at radius 2 is 1.72 bits per heavy atom. The third-order valence-electron chi connectivity index (χ3n) is 4.06. The predicted octanol–water partition coefficient (Wildman–Crippen LogP) is 3.67. The van der Waals surface area contributed by atoms with Crippen LogP contribution in [0.4, 0.5) is 0 Å². The second-order valence-corrected chi connectivity index (χ2v) is 6.68. The minimum absolute atomic E-state index is 0.192. The van der Waals surface area contributed by atoms with Crippen molar-refractivity contribution in [1.82, 2.24) is 10.3 Å². The molecule has 1 aliphatic carbocycles. The summed E-state index contributed by atoms with van der Waals surface area (Å²) < 4.78 is 0. The van der Waals surface area contributed by atoms with Crippen molar-refractivity contribution in [1.29, 1.82) is 0 Å². The van der Waals surface area contributed by atoms with Crippen LogP contribution in [0.2, 0.25) is 0 Å². The number of nitrogens with one attached hydrogen (secondary N) is 1. The van der Waals surface area contributed by atoms with E-state index in [0.717, 1.165) is 6.54 Å². The molecule has 2 heteroatoms. The second-order valence-electron chi connectivity index (χ2n) is 6.68. The monoisotopic (exact) mass is 246 g/mol. The summed E-state index contributed by atoms with van der Waals surface area (Å²) in [6.45, 7) is 7.82. The Balaban J connectivity index is 2.18. The zero-order valence-corrected chi connectivity index (χ0v) is 12.0. The van der Waals surface area contributed by atoms with E-state index >= 15 is 0 Å². The quantitative estimate of drug-likeness (QED) is 0.880. The van der Waals surface area contributed by atoms with Crippen LogP contribution in [0.25, 0.3) is 0 Å². The summed E-state index contributed by atoms with van der Waals surface area (Å²) in [5, 5.41) is 3.71. The minimum atomic E-state index is 0.192. The maximum atomic E-state index is 4.16. The first-order chi connectivity index (χ1) is 8.52. The van der Waals surface area contributed by atoms with Gasteiger partial charge in [-0.05, 0) is 51.3 Å². The van der Waals surface area contributed by atoms with Crippen LogP contribution >= 0.6 is 0 Å². The average Bonchev–Trinajstić information content (AvgIpc) is 2.38. The number of pyridine rings is 1. The Labute approximate surface area is 111 Å². The average molecular weight is 246 g/mol. The normalized spacial score (nSPS) is 19.7. The highest BCUT2D eigenvalue weighted by molar-refractivity contribution is 5.24. The van der Waals surface area contributed by atoms with E-state index in [2.05, 4.69) is 43.2 Å². The van der Waals surface area contributed by atoms with Crippen molar-refractivity contribution < 1.29 is 0 Å². The van der Waals surface area contributed by atoms with Gasteiger partial charge in [-0.25, -0.2) is 0 Å². The molecule has 1 N–H and O–H groups in total. The van der Waals surface area contributed by atoms with Gasteiger partial charge in [-0.2, -0.15) is 0 Å². The molecule has 0 saturated heterocycles. The molecular weight excluding hydrogens is 220 g/mol. The lowest BCUT2D eigenvalue weighted by molar-refractivity contribution is 0.253. The maximum Gasteiger partial charge on any atom is 0.0270 e. The summed E-state index contributed by atoms with van der Waals surface area (Å²) >= 11 is 0. The van der Waals surface area contributed by atoms with E-state index in [1.807, 2.05) is 12.4 Å². The highest BCUT2D eigenvalue weighted by Crippen LogP contribution is 2.39. The van der Waals surface area contributed by atoms with Gasteiger partial charge in [-0.3, -0.25) is 4.98 Å². The summed E-state index contributed by atoms with van der Waals surface area (Å²) in [5.41, 5.74) is 1.99. The predicted molar refractivity (Wildman–Crippen MR) is 76.8 cm³/mol. The molecule has 0 aromatic carbocycles. The lowest BCUT2D eigenvalue weighted by Crippen LogP contribution is -2.47. The molecule has 0 unspecified atom stereocenters. The van der Waals surface area contributed by atoms with Crippen LogP contribution in [0, 0.1) is 0 Å². The second kappa shape index (κ2) is 5.40. The fourth-order valence-electron chi connectivity index (χ4n) is 2.94. The first-order valence-corrected chi connectivity index (χ1v) is 7.17. The third-order valence-corrected chi connectivity index (χ3v) is 4.06. The molecular formula is C16H26N2. The van der Waals surface area contributed by atoms with Crippen molar-refractivity contribution in [3.63, 3.8) is 0 Å². The van der Waals surface area contributed by atoms with E-state index in [0.29, 0.717) is 5.41 Å². The maximum absolute atomic E-state index is 4.16. The highest BCUT2D eigenvalue weighted by atomic mass is 15.0. The fourth-order valence-corrected chi connectivity index (χ4v) is 2.94. The number of nitrogens with zero attached hydrogens (tertiary/aromatic N) is 1. The van der Waals surface area contributed by atoms with E-state index < -0.39 is 0 Å². The topological polar surface area (TPSA) is 24.9 Å². The molecule has 1 aromatic heterocycles. The van der Waals surface area contributed by atoms with Gasteiger partial charge < -0.3 is 5.32 Å². The summed E-state index contributed by atoms with van der Waals surface area (Å²) in [4.78, 5) is 4.16. The molecule has 1 heterocycles. The van der Waals surface area contributed by atoms with Crippen LogP contribution in [0.15, 0.2) is 24.5 Å². The van der Waals surface area contributed by atoms with Crippen LogP contribution < -0.4 is 5.32 Å². The van der Waals surface area contributed by atoms with E-state index in [9.17, 15) is 0 Å². The van der Waals surface area contributed by atoms with Crippen molar-refractivity contribution in [3.8, 4) is 0 Å². The zero-order valence-electron chi connectivity index (χ0n) is 12.0. The fraction of sp³-hybridized carbons (Fsp3) is 0.688. The molecule has 0 radical (unpaired) electrons. The zero-order chi connectivity index (χ0) is 13.1. The summed E-state index contributed by atoms with van der Waals surface area (Å²) in [6, 6.07) is 4.41. The standard InChI is InChI=1S/C16H26N2/c1-15(2,3)18-13-16(9-5-4-6-10-16)14-7-11-17-12-8-14/h7-8,11-12,18H,4-6,9-10,13H2,1-3H3. The molecule has 1 aromatic rings. The number of aromatic nitrogens is 1. The molecule has 1 saturated carbocycles. The highest BCUT2D eigenvalue weighted by Gasteiger charge is 2.34. The molecule has 100 valence electrons. The molecule has 0 aliphatic heterocycles. The molecule has 0 amide bonds. The van der Waals surface area contributed by atoms with Crippen molar-refractivity contribution >= 4 is 0 Å². The van der Waals surface area contributed by atoms with E-state index in [4.69, 9.17) is 0 Å². The minimum Gasteiger partial charge on any atom is -0.311 e. The van der Waals surface area contributed by atoms with Gasteiger partial charge in [0.1, 0.15) is 0 Å². The lowest BCUT2D eigenvalue weighted by atomic mass is 9.69. The molecule has 18 heavy (non-hydrogen) atoms. The van der Waals surface area contributed by atoms with Gasteiger partial charge in [-0.15, -0.1) is 0 Å². The Kier molecular flexibility index (Phi) is 4.06. The van der Waals surface area contributed by atoms with Gasteiger partial charge in [0.15, 0.2) is 0 Å². The van der Waals surface area contributed by atoms with Gasteiger partial charge in [-0.1, -0.05) is 19.3 Å². The van der Waals surface area contributed by atoms with Crippen molar-refractivity contribution in [2.75, 3.05) is 6.54 Å². The first kappa shape index (κ1) is 13.5. The molecule has 1 aliphatic rings. The van der Waals surface area contributed by atoms with Gasteiger partial charge in [0.25, 0.3) is 0 Å². The van der Waals surface area contributed by atoms with Gasteiger partial charge >= 0.3 is 0 Å². The van der Waals surface area contributed by atoms with Gasteiger partial charge in [0.05, 0.1) is 0 Å². The first-order valence-electron chi connectivity index (χ1n) is 7.17. The molecule has 0 spiro atoms. The van der Waals surface area contributed by atoms with Gasteiger partial charge in [0, 0.05) is 29.9 Å². The van der Waals surface area contributed by atoms with Gasteiger partial charge in [0.2, 0.25) is 0 Å². The van der Waals surface area contributed by atoms with Crippen LogP contribution in [0.5, 0.6) is 0 Å². The molecule has 1 fully saturated rings. The largest absolute Gasteiger partial charge is 0.311 e. The molecule has 2 rings (SSSR count). The van der Waals surface area contributed by atoms with Crippen molar-refractivity contribution in [3.05, 3.63) is 30.1 Å².